The van der Waals surface area contributed by atoms with Gasteiger partial charge in [0.2, 0.25) is 5.28 Å². The van der Waals surface area contributed by atoms with Crippen LogP contribution in [0.15, 0.2) is 11.4 Å². The monoisotopic (exact) mass is 282 g/mol. The van der Waals surface area contributed by atoms with E-state index in [0.717, 1.165) is 22.6 Å². The molecule has 1 unspecified atom stereocenters. The van der Waals surface area contributed by atoms with Crippen molar-refractivity contribution in [3.8, 4) is 0 Å². The van der Waals surface area contributed by atoms with Crippen molar-refractivity contribution in [3.05, 3.63) is 16.7 Å². The van der Waals surface area contributed by atoms with Crippen LogP contribution in [0, 0.1) is 0 Å². The maximum absolute atomic E-state index is 5.96. The Kier molecular flexibility index (Phi) is 3.37. The highest BCUT2D eigenvalue weighted by Gasteiger charge is 2.19. The Morgan fingerprint density at radius 3 is 3.22 bits per heavy atom. The van der Waals surface area contributed by atoms with Gasteiger partial charge in [0.1, 0.15) is 5.82 Å². The predicted octanol–water partition coefficient (Wildman–Crippen LogP) is 2.85. The normalized spacial score (nSPS) is 21.3. The van der Waals surface area contributed by atoms with Gasteiger partial charge in [-0.15, -0.1) is 11.3 Å². The Hall–Kier alpha value is -0.910. The third-order valence-electron chi connectivity index (χ3n) is 3.24. The second kappa shape index (κ2) is 4.99. The van der Waals surface area contributed by atoms with Crippen LogP contribution < -0.4 is 5.32 Å². The number of aromatic nitrogens is 2. The number of halogens is 1. The Labute approximate surface area is 115 Å². The van der Waals surface area contributed by atoms with Gasteiger partial charge < -0.3 is 10.2 Å². The molecule has 3 rings (SSSR count). The molecule has 0 spiro atoms. The smallest absolute Gasteiger partial charge is 0.224 e. The number of likely N-dealkylation sites (tertiary alicyclic amines) is 1. The highest BCUT2D eigenvalue weighted by molar-refractivity contribution is 7.17. The van der Waals surface area contributed by atoms with Gasteiger partial charge in [-0.1, -0.05) is 0 Å². The molecule has 1 aliphatic heterocycles. The summed E-state index contributed by atoms with van der Waals surface area (Å²) < 4.78 is 1.09. The van der Waals surface area contributed by atoms with E-state index < -0.39 is 0 Å². The van der Waals surface area contributed by atoms with E-state index in [1.54, 1.807) is 11.3 Å². The highest BCUT2D eigenvalue weighted by Crippen LogP contribution is 2.28. The number of nitrogens with zero attached hydrogens (tertiary/aromatic N) is 3. The van der Waals surface area contributed by atoms with Gasteiger partial charge in [-0.25, -0.2) is 4.98 Å². The molecule has 2 aromatic heterocycles. The number of hydrogen-bond acceptors (Lipinski definition) is 5. The number of piperidine rings is 1. The summed E-state index contributed by atoms with van der Waals surface area (Å²) in [6, 6.07) is 2.42. The van der Waals surface area contributed by atoms with Crippen molar-refractivity contribution in [2.75, 3.05) is 25.5 Å². The van der Waals surface area contributed by atoms with Crippen LogP contribution in [0.3, 0.4) is 0 Å². The van der Waals surface area contributed by atoms with Gasteiger partial charge in [0.25, 0.3) is 0 Å². The van der Waals surface area contributed by atoms with Crippen LogP contribution in [0.25, 0.3) is 10.2 Å². The first kappa shape index (κ1) is 12.1. The number of nitrogens with one attached hydrogen (secondary N) is 1. The van der Waals surface area contributed by atoms with Gasteiger partial charge in [-0.3, -0.25) is 0 Å². The lowest BCUT2D eigenvalue weighted by molar-refractivity contribution is 0.261. The van der Waals surface area contributed by atoms with Crippen molar-refractivity contribution < 1.29 is 0 Å². The average Bonchev–Trinajstić information content (AvgIpc) is 2.77. The second-order valence-electron chi connectivity index (χ2n) is 4.72. The minimum absolute atomic E-state index is 0.313. The van der Waals surface area contributed by atoms with Crippen molar-refractivity contribution in [2.45, 2.75) is 18.9 Å². The molecule has 0 radical (unpaired) electrons. The van der Waals surface area contributed by atoms with Gasteiger partial charge >= 0.3 is 0 Å². The van der Waals surface area contributed by atoms with Crippen molar-refractivity contribution in [1.29, 1.82) is 0 Å². The molecule has 1 N–H and O–H groups in total. The van der Waals surface area contributed by atoms with E-state index in [-0.39, 0.29) is 0 Å². The molecule has 1 saturated heterocycles. The molecule has 0 amide bonds. The van der Waals surface area contributed by atoms with E-state index in [1.165, 1.54) is 19.4 Å². The molecule has 18 heavy (non-hydrogen) atoms. The minimum atomic E-state index is 0.313. The minimum Gasteiger partial charge on any atom is -0.365 e. The third-order valence-corrected chi connectivity index (χ3v) is 4.32. The molecule has 0 bridgehead atoms. The van der Waals surface area contributed by atoms with E-state index in [1.807, 2.05) is 11.4 Å². The van der Waals surface area contributed by atoms with Crippen molar-refractivity contribution in [2.24, 2.45) is 0 Å². The van der Waals surface area contributed by atoms with Gasteiger partial charge in [-0.2, -0.15) is 4.98 Å². The molecule has 96 valence electrons. The first-order valence-corrected chi connectivity index (χ1v) is 7.34. The molecule has 0 saturated carbocycles. The second-order valence-corrected chi connectivity index (χ2v) is 5.98. The Bertz CT molecular complexity index is 556. The Balaban J connectivity index is 1.87. The van der Waals surface area contributed by atoms with Crippen LogP contribution >= 0.6 is 22.9 Å². The van der Waals surface area contributed by atoms with Crippen LogP contribution in [0.4, 0.5) is 5.82 Å². The average molecular weight is 283 g/mol. The zero-order chi connectivity index (χ0) is 12.5. The predicted molar refractivity (Wildman–Crippen MR) is 76.6 cm³/mol. The summed E-state index contributed by atoms with van der Waals surface area (Å²) in [4.78, 5) is 10.9. The zero-order valence-corrected chi connectivity index (χ0v) is 11.8. The Morgan fingerprint density at radius 2 is 2.39 bits per heavy atom. The maximum atomic E-state index is 5.96. The maximum Gasteiger partial charge on any atom is 0.224 e. The van der Waals surface area contributed by atoms with E-state index >= 15 is 0 Å². The molecule has 0 aromatic carbocycles. The zero-order valence-electron chi connectivity index (χ0n) is 10.2. The fourth-order valence-electron chi connectivity index (χ4n) is 2.41. The summed E-state index contributed by atoms with van der Waals surface area (Å²) in [6.45, 7) is 2.23. The topological polar surface area (TPSA) is 41.0 Å². The molecule has 0 aliphatic carbocycles. The summed E-state index contributed by atoms with van der Waals surface area (Å²) in [5.41, 5.74) is 0.923. The largest absolute Gasteiger partial charge is 0.365 e. The number of likely N-dealkylation sites (N-methyl/N-ethyl adjacent to an activating group) is 1. The molecule has 4 nitrogen and oxygen atoms in total. The van der Waals surface area contributed by atoms with E-state index in [0.29, 0.717) is 11.3 Å². The van der Waals surface area contributed by atoms with Gasteiger partial charge in [0, 0.05) is 12.6 Å². The van der Waals surface area contributed by atoms with Crippen molar-refractivity contribution >= 4 is 39.0 Å². The lowest BCUT2D eigenvalue weighted by Crippen LogP contribution is -2.39. The van der Waals surface area contributed by atoms with Crippen molar-refractivity contribution in [1.82, 2.24) is 14.9 Å². The lowest BCUT2D eigenvalue weighted by atomic mass is 10.1. The number of rotatable bonds is 2. The van der Waals surface area contributed by atoms with E-state index in [2.05, 4.69) is 27.2 Å². The summed E-state index contributed by atoms with van der Waals surface area (Å²) in [6.07, 6.45) is 2.40. The van der Waals surface area contributed by atoms with Crippen LogP contribution in [0.1, 0.15) is 12.8 Å². The molecular weight excluding hydrogens is 268 g/mol. The fourth-order valence-corrected chi connectivity index (χ4v) is 3.37. The summed E-state index contributed by atoms with van der Waals surface area (Å²) >= 11 is 7.61. The van der Waals surface area contributed by atoms with Crippen LogP contribution in [0.2, 0.25) is 5.28 Å². The molecular formula is C12H15ClN4S. The van der Waals surface area contributed by atoms with E-state index in [9.17, 15) is 0 Å². The number of thiophene rings is 1. The van der Waals surface area contributed by atoms with Gasteiger partial charge in [-0.05, 0) is 49.5 Å². The standard InChI is InChI=1S/C12H15ClN4S/c1-17-5-2-3-8(7-17)14-11-10-9(4-6-18-10)15-12(13)16-11/h4,6,8H,2-3,5,7H2,1H3,(H,14,15,16). The van der Waals surface area contributed by atoms with Crippen LogP contribution in [0.5, 0.6) is 0 Å². The number of anilines is 1. The molecule has 1 fully saturated rings. The molecule has 1 aliphatic rings. The fraction of sp³-hybridized carbons (Fsp3) is 0.500. The summed E-state index contributed by atoms with van der Waals surface area (Å²) in [5, 5.41) is 5.85. The third kappa shape index (κ3) is 2.43. The molecule has 1 atom stereocenters. The molecule has 6 heteroatoms. The Morgan fingerprint density at radius 1 is 1.50 bits per heavy atom. The number of fused-ring (bicyclic) bond motifs is 1. The SMILES string of the molecule is CN1CCCC(Nc2nc(Cl)nc3ccsc23)C1. The lowest BCUT2D eigenvalue weighted by Gasteiger charge is -2.30. The number of hydrogen-bond donors (Lipinski definition) is 1. The van der Waals surface area contributed by atoms with Crippen LogP contribution in [-0.4, -0.2) is 41.0 Å². The van der Waals surface area contributed by atoms with Gasteiger partial charge in [0.15, 0.2) is 0 Å². The summed E-state index contributed by atoms with van der Waals surface area (Å²) in [7, 11) is 2.15. The molecule has 2 aromatic rings. The first-order chi connectivity index (χ1) is 8.72. The van der Waals surface area contributed by atoms with Crippen LogP contribution in [-0.2, 0) is 0 Å². The molecule has 3 heterocycles. The first-order valence-electron chi connectivity index (χ1n) is 6.08. The van der Waals surface area contributed by atoms with Gasteiger partial charge in [0.05, 0.1) is 10.2 Å². The highest BCUT2D eigenvalue weighted by atomic mass is 35.5. The van der Waals surface area contributed by atoms with Crippen molar-refractivity contribution in [3.63, 3.8) is 0 Å². The van der Waals surface area contributed by atoms with E-state index in [4.69, 9.17) is 11.6 Å². The quantitative estimate of drug-likeness (QED) is 0.860. The summed E-state index contributed by atoms with van der Waals surface area (Å²) in [5.74, 6) is 0.875.